The molecule has 0 radical (unpaired) electrons. The Labute approximate surface area is 92.4 Å². The van der Waals surface area contributed by atoms with Gasteiger partial charge in [-0.2, -0.15) is 0 Å². The Morgan fingerprint density at radius 3 is 2.67 bits per heavy atom. The lowest BCUT2D eigenvalue weighted by molar-refractivity contribution is -0.117. The Balaban J connectivity index is 1.89. The van der Waals surface area contributed by atoms with Gasteiger partial charge in [0.2, 0.25) is 0 Å². The van der Waals surface area contributed by atoms with Gasteiger partial charge in [0, 0.05) is 48.5 Å². The zero-order chi connectivity index (χ0) is 10.7. The second-order valence-electron chi connectivity index (χ2n) is 4.41. The van der Waals surface area contributed by atoms with E-state index in [1.54, 1.807) is 0 Å². The van der Waals surface area contributed by atoms with Crippen molar-refractivity contribution in [1.29, 1.82) is 0 Å². The lowest BCUT2D eigenvalue weighted by atomic mass is 9.88. The van der Waals surface area contributed by atoms with E-state index in [1.807, 2.05) is 0 Å². The number of ether oxygens (including phenoxy) is 1. The van der Waals surface area contributed by atoms with Gasteiger partial charge in [-0.1, -0.05) is 0 Å². The lowest BCUT2D eigenvalue weighted by Crippen LogP contribution is -2.45. The van der Waals surface area contributed by atoms with Crippen molar-refractivity contribution >= 4 is 17.1 Å². The minimum Gasteiger partial charge on any atom is -0.380 e. The lowest BCUT2D eigenvalue weighted by Gasteiger charge is -2.32. The molecule has 0 aromatic heterocycles. The van der Waals surface area contributed by atoms with Crippen molar-refractivity contribution < 1.29 is 13.7 Å². The van der Waals surface area contributed by atoms with Crippen LogP contribution in [0.2, 0.25) is 0 Å². The first-order chi connectivity index (χ1) is 7.24. The van der Waals surface area contributed by atoms with E-state index in [0.717, 1.165) is 43.8 Å². The van der Waals surface area contributed by atoms with E-state index in [0.29, 0.717) is 13.2 Å². The molecule has 2 saturated heterocycles. The van der Waals surface area contributed by atoms with E-state index in [9.17, 15) is 9.00 Å². The van der Waals surface area contributed by atoms with Crippen LogP contribution in [0, 0.1) is 5.41 Å². The highest BCUT2D eigenvalue weighted by Gasteiger charge is 2.37. The molecule has 1 unspecified atom stereocenters. The minimum atomic E-state index is -0.641. The minimum absolute atomic E-state index is 0.293. The molecule has 2 heterocycles. The van der Waals surface area contributed by atoms with Crippen LogP contribution in [0.1, 0.15) is 6.42 Å². The van der Waals surface area contributed by atoms with Gasteiger partial charge >= 0.3 is 0 Å². The van der Waals surface area contributed by atoms with Crippen LogP contribution in [-0.2, 0) is 20.3 Å². The Kier molecular flexibility index (Phi) is 3.53. The summed E-state index contributed by atoms with van der Waals surface area (Å²) in [4.78, 5) is 13.3. The van der Waals surface area contributed by atoms with Gasteiger partial charge in [0.05, 0.1) is 12.0 Å². The third-order valence-corrected chi connectivity index (χ3v) is 4.47. The zero-order valence-electron chi connectivity index (χ0n) is 8.81. The van der Waals surface area contributed by atoms with Crippen LogP contribution in [0.5, 0.6) is 0 Å². The van der Waals surface area contributed by atoms with Crippen molar-refractivity contribution in [2.24, 2.45) is 5.41 Å². The van der Waals surface area contributed by atoms with E-state index in [-0.39, 0.29) is 5.41 Å². The molecule has 0 aromatic rings. The molecular formula is C10H17NO3S. The molecule has 1 atom stereocenters. The Morgan fingerprint density at radius 1 is 1.40 bits per heavy atom. The second-order valence-corrected chi connectivity index (χ2v) is 6.10. The first kappa shape index (κ1) is 11.2. The highest BCUT2D eigenvalue weighted by atomic mass is 32.2. The fraction of sp³-hybridized carbons (Fsp3) is 0.900. The summed E-state index contributed by atoms with van der Waals surface area (Å²) in [7, 11) is -0.641. The standard InChI is InChI=1S/C10H17NO3S/c12-8-10(1-4-14-9-10)7-11-2-5-15(13)6-3-11/h8H,1-7,9H2. The molecule has 0 bridgehead atoms. The number of carbonyl (C=O) groups excluding carboxylic acids is 1. The van der Waals surface area contributed by atoms with Crippen LogP contribution < -0.4 is 0 Å². The molecule has 5 heteroatoms. The summed E-state index contributed by atoms with van der Waals surface area (Å²) in [6.07, 6.45) is 1.88. The van der Waals surface area contributed by atoms with Crippen LogP contribution in [0.3, 0.4) is 0 Å². The van der Waals surface area contributed by atoms with E-state index in [2.05, 4.69) is 4.90 Å². The third-order valence-electron chi connectivity index (χ3n) is 3.19. The molecule has 0 saturated carbocycles. The number of hydrogen-bond donors (Lipinski definition) is 0. The van der Waals surface area contributed by atoms with Gasteiger partial charge in [-0.25, -0.2) is 0 Å². The molecule has 2 aliphatic heterocycles. The Bertz CT molecular complexity index is 253. The first-order valence-corrected chi connectivity index (χ1v) is 6.84. The Hall–Kier alpha value is -0.260. The van der Waals surface area contributed by atoms with Gasteiger partial charge in [0.1, 0.15) is 6.29 Å². The average Bonchev–Trinajstić information content (AvgIpc) is 2.71. The van der Waals surface area contributed by atoms with E-state index >= 15 is 0 Å². The molecule has 0 spiro atoms. The largest absolute Gasteiger partial charge is 0.380 e. The van der Waals surface area contributed by atoms with Crippen molar-refractivity contribution in [1.82, 2.24) is 4.90 Å². The molecular weight excluding hydrogens is 214 g/mol. The summed E-state index contributed by atoms with van der Waals surface area (Å²) < 4.78 is 16.5. The average molecular weight is 231 g/mol. The third kappa shape index (κ3) is 2.65. The quantitative estimate of drug-likeness (QED) is 0.623. The smallest absolute Gasteiger partial charge is 0.129 e. The number of carbonyl (C=O) groups is 1. The van der Waals surface area contributed by atoms with Gasteiger partial charge in [-0.3, -0.25) is 4.21 Å². The van der Waals surface area contributed by atoms with Gasteiger partial charge < -0.3 is 14.4 Å². The molecule has 86 valence electrons. The van der Waals surface area contributed by atoms with Crippen molar-refractivity contribution in [3.63, 3.8) is 0 Å². The van der Waals surface area contributed by atoms with Crippen LogP contribution in [0.4, 0.5) is 0 Å². The van der Waals surface area contributed by atoms with Gasteiger partial charge in [-0.05, 0) is 6.42 Å². The van der Waals surface area contributed by atoms with Crippen LogP contribution >= 0.6 is 0 Å². The summed E-state index contributed by atoms with van der Waals surface area (Å²) in [5.74, 6) is 1.49. The number of nitrogens with zero attached hydrogens (tertiary/aromatic N) is 1. The first-order valence-electron chi connectivity index (χ1n) is 5.36. The molecule has 2 rings (SSSR count). The fourth-order valence-corrected chi connectivity index (χ4v) is 3.28. The highest BCUT2D eigenvalue weighted by Crippen LogP contribution is 2.27. The van der Waals surface area contributed by atoms with Crippen LogP contribution in [0.25, 0.3) is 0 Å². The van der Waals surface area contributed by atoms with Crippen LogP contribution in [-0.4, -0.2) is 59.7 Å². The van der Waals surface area contributed by atoms with Gasteiger partial charge in [0.25, 0.3) is 0 Å². The van der Waals surface area contributed by atoms with Crippen molar-refractivity contribution in [2.75, 3.05) is 44.4 Å². The molecule has 0 amide bonds. The van der Waals surface area contributed by atoms with Crippen molar-refractivity contribution in [2.45, 2.75) is 6.42 Å². The SMILES string of the molecule is O=CC1(CN2CCS(=O)CC2)CCOC1. The number of aldehydes is 1. The molecule has 0 aliphatic carbocycles. The summed E-state index contributed by atoms with van der Waals surface area (Å²) in [5, 5.41) is 0. The maximum atomic E-state index is 11.2. The monoisotopic (exact) mass is 231 g/mol. The van der Waals surface area contributed by atoms with E-state index in [4.69, 9.17) is 4.74 Å². The predicted molar refractivity (Wildman–Crippen MR) is 58.2 cm³/mol. The number of hydrogen-bond acceptors (Lipinski definition) is 4. The van der Waals surface area contributed by atoms with Gasteiger partial charge in [0.15, 0.2) is 0 Å². The Morgan fingerprint density at radius 2 is 2.13 bits per heavy atom. The predicted octanol–water partition coefficient (Wildman–Crippen LogP) is -0.344. The van der Waals surface area contributed by atoms with Crippen molar-refractivity contribution in [3.8, 4) is 0 Å². The highest BCUT2D eigenvalue weighted by molar-refractivity contribution is 7.85. The normalized spacial score (nSPS) is 34.4. The molecule has 15 heavy (non-hydrogen) atoms. The van der Waals surface area contributed by atoms with Gasteiger partial charge in [-0.15, -0.1) is 0 Å². The second kappa shape index (κ2) is 4.72. The molecule has 4 nitrogen and oxygen atoms in total. The summed E-state index contributed by atoms with van der Waals surface area (Å²) in [6, 6.07) is 0. The molecule has 2 fully saturated rings. The maximum Gasteiger partial charge on any atom is 0.129 e. The fourth-order valence-electron chi connectivity index (χ4n) is 2.16. The summed E-state index contributed by atoms with van der Waals surface area (Å²) in [5.41, 5.74) is -0.293. The topological polar surface area (TPSA) is 46.6 Å². The van der Waals surface area contributed by atoms with E-state index in [1.165, 1.54) is 0 Å². The zero-order valence-corrected chi connectivity index (χ0v) is 9.63. The maximum absolute atomic E-state index is 11.2. The summed E-state index contributed by atoms with van der Waals surface area (Å²) >= 11 is 0. The molecule has 2 aliphatic rings. The van der Waals surface area contributed by atoms with Crippen LogP contribution in [0.15, 0.2) is 0 Å². The molecule has 0 N–H and O–H groups in total. The molecule has 0 aromatic carbocycles. The van der Waals surface area contributed by atoms with E-state index < -0.39 is 10.8 Å². The summed E-state index contributed by atoms with van der Waals surface area (Å²) in [6.45, 7) is 3.71. The van der Waals surface area contributed by atoms with Crippen molar-refractivity contribution in [3.05, 3.63) is 0 Å². The number of rotatable bonds is 3.